The number of piperidine rings is 1. The van der Waals surface area contributed by atoms with Crippen LogP contribution in [-0.2, 0) is 13.5 Å². The average Bonchev–Trinajstić information content (AvgIpc) is 3.26. The summed E-state index contributed by atoms with van der Waals surface area (Å²) >= 11 is 0. The molecule has 2 N–H and O–H groups in total. The first kappa shape index (κ1) is 16.3. The topological polar surface area (TPSA) is 70.0 Å². The second-order valence-corrected chi connectivity index (χ2v) is 6.99. The van der Waals surface area contributed by atoms with E-state index in [1.54, 1.807) is 6.20 Å². The Labute approximate surface area is 147 Å². The molecule has 1 aliphatic rings. The highest BCUT2D eigenvalue weighted by molar-refractivity contribution is 5.81. The van der Waals surface area contributed by atoms with E-state index in [1.807, 2.05) is 29.9 Å². The molecular weight excluding hydrogens is 314 g/mol. The van der Waals surface area contributed by atoms with Crippen molar-refractivity contribution in [2.75, 3.05) is 19.6 Å². The number of fused-ring (bicyclic) bond motifs is 1. The van der Waals surface area contributed by atoms with Gasteiger partial charge in [0.1, 0.15) is 11.9 Å². The molecule has 0 saturated carbocycles. The Morgan fingerprint density at radius 3 is 2.84 bits per heavy atom. The normalized spacial score (nSPS) is 18.0. The molecule has 3 heterocycles. The number of nitrogens with zero attached hydrogens (tertiary/aromatic N) is 4. The van der Waals surface area contributed by atoms with E-state index in [-0.39, 0.29) is 0 Å². The number of hydrogen-bond donors (Lipinski definition) is 2. The van der Waals surface area contributed by atoms with E-state index in [0.717, 1.165) is 50.2 Å². The minimum absolute atomic E-state index is 0.297. The predicted octanol–water partition coefficient (Wildman–Crippen LogP) is 2.28. The van der Waals surface area contributed by atoms with Crippen molar-refractivity contribution in [3.63, 3.8) is 0 Å². The first-order valence-corrected chi connectivity index (χ1v) is 9.02. The highest BCUT2D eigenvalue weighted by Crippen LogP contribution is 2.29. The Bertz CT molecular complexity index is 831. The molecule has 1 fully saturated rings. The molecule has 4 rings (SSSR count). The Morgan fingerprint density at radius 1 is 1.28 bits per heavy atom. The maximum absolute atomic E-state index is 10.6. The first-order chi connectivity index (χ1) is 12.2. The fraction of sp³-hybridized carbons (Fsp3) is 0.474. The minimum atomic E-state index is -0.460. The van der Waals surface area contributed by atoms with Gasteiger partial charge in [-0.25, -0.2) is 4.98 Å². The number of hydrogen-bond acceptors (Lipinski definition) is 4. The van der Waals surface area contributed by atoms with Crippen LogP contribution in [-0.4, -0.2) is 49.4 Å². The lowest BCUT2D eigenvalue weighted by atomic mass is 9.90. The summed E-state index contributed by atoms with van der Waals surface area (Å²) in [5, 5.41) is 19.4. The quantitative estimate of drug-likeness (QED) is 0.748. The molecule has 132 valence electrons. The van der Waals surface area contributed by atoms with E-state index < -0.39 is 6.10 Å². The van der Waals surface area contributed by atoms with E-state index in [2.05, 4.69) is 32.2 Å². The number of aromatic nitrogens is 4. The largest absolute Gasteiger partial charge is 0.385 e. The number of para-hydroxylation sites is 1. The fourth-order valence-electron chi connectivity index (χ4n) is 3.84. The lowest BCUT2D eigenvalue weighted by Gasteiger charge is -2.33. The summed E-state index contributed by atoms with van der Waals surface area (Å²) in [5.41, 5.74) is 2.25. The van der Waals surface area contributed by atoms with Crippen LogP contribution in [0.25, 0.3) is 10.9 Å². The fourth-order valence-corrected chi connectivity index (χ4v) is 3.84. The minimum Gasteiger partial charge on any atom is -0.385 e. The number of benzene rings is 1. The van der Waals surface area contributed by atoms with Crippen LogP contribution in [0.4, 0.5) is 0 Å². The number of aromatic amines is 1. The van der Waals surface area contributed by atoms with Gasteiger partial charge in [0.05, 0.1) is 5.52 Å². The van der Waals surface area contributed by atoms with E-state index >= 15 is 0 Å². The smallest absolute Gasteiger partial charge is 0.137 e. The van der Waals surface area contributed by atoms with E-state index in [1.165, 1.54) is 11.1 Å². The third-order valence-electron chi connectivity index (χ3n) is 5.42. The van der Waals surface area contributed by atoms with E-state index in [4.69, 9.17) is 0 Å². The molecule has 3 aromatic rings. The second-order valence-electron chi connectivity index (χ2n) is 6.99. The van der Waals surface area contributed by atoms with Gasteiger partial charge in [0.15, 0.2) is 0 Å². The molecule has 25 heavy (non-hydrogen) atoms. The van der Waals surface area contributed by atoms with Crippen molar-refractivity contribution in [1.29, 1.82) is 0 Å². The van der Waals surface area contributed by atoms with Crippen molar-refractivity contribution in [3.05, 3.63) is 48.2 Å². The summed E-state index contributed by atoms with van der Waals surface area (Å²) < 4.78 is 1.92. The molecule has 0 radical (unpaired) electrons. The number of likely N-dealkylation sites (tertiary alicyclic amines) is 1. The van der Waals surface area contributed by atoms with E-state index in [9.17, 15) is 5.11 Å². The third kappa shape index (κ3) is 3.32. The molecule has 1 aliphatic heterocycles. The zero-order valence-corrected chi connectivity index (χ0v) is 14.6. The van der Waals surface area contributed by atoms with Crippen molar-refractivity contribution in [3.8, 4) is 0 Å². The van der Waals surface area contributed by atoms with Crippen LogP contribution in [0.1, 0.15) is 30.5 Å². The lowest BCUT2D eigenvalue weighted by Crippen LogP contribution is -2.37. The number of aliphatic hydroxyl groups excluding tert-OH is 1. The Balaban J connectivity index is 1.31. The highest BCUT2D eigenvalue weighted by atomic mass is 16.3. The summed E-state index contributed by atoms with van der Waals surface area (Å²) in [6.07, 6.45) is 6.19. The Hall–Kier alpha value is -2.18. The van der Waals surface area contributed by atoms with Gasteiger partial charge in [0, 0.05) is 43.5 Å². The van der Waals surface area contributed by atoms with Gasteiger partial charge in [0.25, 0.3) is 0 Å². The average molecular weight is 339 g/mol. The van der Waals surface area contributed by atoms with Crippen molar-refractivity contribution < 1.29 is 5.11 Å². The SMILES string of the molecule is Cn1ccnc1C(O)C1CCN(CCc2[nH]nc3ccccc23)CC1. The molecule has 0 amide bonds. The standard InChI is InChI=1S/C19H25N5O/c1-23-13-9-20-19(23)18(25)14-6-10-24(11-7-14)12-8-17-15-4-2-3-5-16(15)21-22-17/h2-5,9,13-14,18,25H,6-8,10-12H2,1H3,(H,21,22). The number of nitrogens with one attached hydrogen (secondary N) is 1. The molecule has 1 atom stereocenters. The zero-order valence-electron chi connectivity index (χ0n) is 14.6. The number of H-pyrrole nitrogens is 1. The van der Waals surface area contributed by atoms with Crippen molar-refractivity contribution in [2.45, 2.75) is 25.4 Å². The van der Waals surface area contributed by atoms with Gasteiger partial charge in [-0.3, -0.25) is 5.10 Å². The van der Waals surface area contributed by atoms with Gasteiger partial charge in [0.2, 0.25) is 0 Å². The molecule has 0 spiro atoms. The molecule has 6 nitrogen and oxygen atoms in total. The van der Waals surface area contributed by atoms with Gasteiger partial charge < -0.3 is 14.6 Å². The maximum atomic E-state index is 10.6. The van der Waals surface area contributed by atoms with Crippen LogP contribution in [0, 0.1) is 5.92 Å². The predicted molar refractivity (Wildman–Crippen MR) is 97.1 cm³/mol. The van der Waals surface area contributed by atoms with Gasteiger partial charge >= 0.3 is 0 Å². The van der Waals surface area contributed by atoms with Crippen molar-refractivity contribution in [1.82, 2.24) is 24.6 Å². The van der Waals surface area contributed by atoms with Gasteiger partial charge in [-0.1, -0.05) is 18.2 Å². The molecule has 1 unspecified atom stereocenters. The highest BCUT2D eigenvalue weighted by Gasteiger charge is 2.28. The summed E-state index contributed by atoms with van der Waals surface area (Å²) in [4.78, 5) is 6.78. The summed E-state index contributed by atoms with van der Waals surface area (Å²) in [5.74, 6) is 1.08. The molecular formula is C19H25N5O. The van der Waals surface area contributed by atoms with Crippen LogP contribution in [0.3, 0.4) is 0 Å². The van der Waals surface area contributed by atoms with Gasteiger partial charge in [-0.05, 0) is 37.9 Å². The summed E-state index contributed by atoms with van der Waals surface area (Å²) in [6, 6.07) is 8.25. The Morgan fingerprint density at radius 2 is 2.08 bits per heavy atom. The van der Waals surface area contributed by atoms with Crippen LogP contribution >= 0.6 is 0 Å². The van der Waals surface area contributed by atoms with Crippen molar-refractivity contribution >= 4 is 10.9 Å². The monoisotopic (exact) mass is 339 g/mol. The molecule has 6 heteroatoms. The number of aryl methyl sites for hydroxylation is 1. The summed E-state index contributed by atoms with van der Waals surface area (Å²) in [6.45, 7) is 3.08. The second kappa shape index (κ2) is 6.98. The Kier molecular flexibility index (Phi) is 4.55. The number of imidazole rings is 1. The molecule has 1 saturated heterocycles. The molecule has 0 bridgehead atoms. The van der Waals surface area contributed by atoms with Crippen LogP contribution < -0.4 is 0 Å². The van der Waals surface area contributed by atoms with Gasteiger partial charge in [-0.2, -0.15) is 5.10 Å². The summed E-state index contributed by atoms with van der Waals surface area (Å²) in [7, 11) is 1.94. The van der Waals surface area contributed by atoms with Gasteiger partial charge in [-0.15, -0.1) is 0 Å². The maximum Gasteiger partial charge on any atom is 0.137 e. The first-order valence-electron chi connectivity index (χ1n) is 9.02. The van der Waals surface area contributed by atoms with Crippen LogP contribution in [0.2, 0.25) is 0 Å². The third-order valence-corrected chi connectivity index (χ3v) is 5.42. The number of aliphatic hydroxyl groups is 1. The molecule has 2 aromatic heterocycles. The zero-order chi connectivity index (χ0) is 17.2. The van der Waals surface area contributed by atoms with Crippen molar-refractivity contribution in [2.24, 2.45) is 13.0 Å². The van der Waals surface area contributed by atoms with Crippen LogP contribution in [0.5, 0.6) is 0 Å². The molecule has 1 aromatic carbocycles. The lowest BCUT2D eigenvalue weighted by molar-refractivity contribution is 0.0514. The molecule has 0 aliphatic carbocycles. The van der Waals surface area contributed by atoms with Crippen LogP contribution in [0.15, 0.2) is 36.7 Å². The van der Waals surface area contributed by atoms with E-state index in [0.29, 0.717) is 5.92 Å². The number of rotatable bonds is 5.